The Bertz CT molecular complexity index is 460. The van der Waals surface area contributed by atoms with Crippen LogP contribution in [0, 0.1) is 6.92 Å². The van der Waals surface area contributed by atoms with Crippen LogP contribution in [0.3, 0.4) is 0 Å². The number of pyridine rings is 1. The molecule has 17 heavy (non-hydrogen) atoms. The van der Waals surface area contributed by atoms with Crippen LogP contribution in [-0.4, -0.2) is 25.4 Å². The molecule has 0 fully saturated rings. The minimum atomic E-state index is -2.90. The molecule has 1 heterocycles. The van der Waals surface area contributed by atoms with Gasteiger partial charge < -0.3 is 0 Å². The smallest absolute Gasteiger partial charge is 0.147 e. The van der Waals surface area contributed by atoms with E-state index in [9.17, 15) is 8.42 Å². The van der Waals surface area contributed by atoms with Crippen molar-refractivity contribution in [1.29, 1.82) is 0 Å². The second kappa shape index (κ2) is 6.09. The van der Waals surface area contributed by atoms with Crippen molar-refractivity contribution in [3.8, 4) is 0 Å². The minimum absolute atomic E-state index is 0.0505. The van der Waals surface area contributed by atoms with E-state index in [1.54, 1.807) is 12.4 Å². The Kier molecular flexibility index (Phi) is 5.04. The summed E-state index contributed by atoms with van der Waals surface area (Å²) in [5, 5.41) is 0. The van der Waals surface area contributed by atoms with Gasteiger partial charge in [-0.05, 0) is 37.0 Å². The highest BCUT2D eigenvalue weighted by molar-refractivity contribution is 7.90. The maximum absolute atomic E-state index is 11.0. The van der Waals surface area contributed by atoms with Gasteiger partial charge >= 0.3 is 0 Å². The lowest BCUT2D eigenvalue weighted by Crippen LogP contribution is -2.29. The minimum Gasteiger partial charge on any atom is -0.271 e. The number of nitrogens with one attached hydrogen (secondary N) is 1. The number of sulfone groups is 1. The van der Waals surface area contributed by atoms with Gasteiger partial charge in [-0.3, -0.25) is 16.3 Å². The fourth-order valence-electron chi connectivity index (χ4n) is 1.72. The van der Waals surface area contributed by atoms with E-state index < -0.39 is 9.84 Å². The van der Waals surface area contributed by atoms with Crippen LogP contribution in [0.2, 0.25) is 0 Å². The maximum atomic E-state index is 11.0. The molecule has 3 N–H and O–H groups in total. The average Bonchev–Trinajstić information content (AvgIpc) is 2.24. The molecule has 0 aliphatic rings. The number of hydrogen-bond donors (Lipinski definition) is 2. The van der Waals surface area contributed by atoms with Gasteiger partial charge in [0.15, 0.2) is 0 Å². The monoisotopic (exact) mass is 257 g/mol. The zero-order chi connectivity index (χ0) is 12.9. The van der Waals surface area contributed by atoms with Crippen molar-refractivity contribution in [3.05, 3.63) is 29.6 Å². The van der Waals surface area contributed by atoms with Crippen molar-refractivity contribution >= 4 is 9.84 Å². The molecule has 1 rings (SSSR count). The Labute approximate surface area is 102 Å². The summed E-state index contributed by atoms with van der Waals surface area (Å²) in [7, 11) is -2.90. The van der Waals surface area contributed by atoms with Crippen molar-refractivity contribution in [3.63, 3.8) is 0 Å². The van der Waals surface area contributed by atoms with Gasteiger partial charge in [-0.25, -0.2) is 8.42 Å². The zero-order valence-electron chi connectivity index (χ0n) is 10.2. The van der Waals surface area contributed by atoms with Crippen molar-refractivity contribution < 1.29 is 8.42 Å². The van der Waals surface area contributed by atoms with Gasteiger partial charge in [0, 0.05) is 30.4 Å². The second-order valence-corrected chi connectivity index (χ2v) is 6.48. The number of nitrogens with two attached hydrogens (primary N) is 1. The Hall–Kier alpha value is -0.980. The van der Waals surface area contributed by atoms with Gasteiger partial charge in [-0.1, -0.05) is 0 Å². The van der Waals surface area contributed by atoms with Gasteiger partial charge in [-0.2, -0.15) is 0 Å². The Balaban J connectivity index is 2.64. The standard InChI is InChI=1S/C11H19N3O2S/c1-9-5-6-13-8-10(9)11(14-12)4-3-7-17(2,15)16/h5-6,8,11,14H,3-4,7,12H2,1-2H3. The van der Waals surface area contributed by atoms with Crippen LogP contribution in [0.15, 0.2) is 18.5 Å². The predicted molar refractivity (Wildman–Crippen MR) is 68.0 cm³/mol. The van der Waals surface area contributed by atoms with E-state index in [1.165, 1.54) is 6.26 Å². The number of rotatable bonds is 6. The molecule has 0 aliphatic carbocycles. The summed E-state index contributed by atoms with van der Waals surface area (Å²) in [5.74, 6) is 5.68. The number of hydrogen-bond acceptors (Lipinski definition) is 5. The lowest BCUT2D eigenvalue weighted by atomic mass is 10.0. The van der Waals surface area contributed by atoms with Crippen molar-refractivity contribution in [2.75, 3.05) is 12.0 Å². The molecule has 0 saturated heterocycles. The van der Waals surface area contributed by atoms with Gasteiger partial charge in [-0.15, -0.1) is 0 Å². The molecule has 0 bridgehead atoms. The summed E-state index contributed by atoms with van der Waals surface area (Å²) in [6.45, 7) is 1.98. The van der Waals surface area contributed by atoms with Crippen LogP contribution in [0.4, 0.5) is 0 Å². The Morgan fingerprint density at radius 2 is 2.24 bits per heavy atom. The molecule has 0 spiro atoms. The molecule has 1 aromatic heterocycles. The molecule has 0 amide bonds. The summed E-state index contributed by atoms with van der Waals surface area (Å²) in [6.07, 6.45) is 5.99. The number of nitrogens with zero attached hydrogens (tertiary/aromatic N) is 1. The highest BCUT2D eigenvalue weighted by atomic mass is 32.2. The van der Waals surface area contributed by atoms with E-state index in [1.807, 2.05) is 13.0 Å². The van der Waals surface area contributed by atoms with Crippen LogP contribution >= 0.6 is 0 Å². The average molecular weight is 257 g/mol. The third-order valence-electron chi connectivity index (χ3n) is 2.66. The third-order valence-corrected chi connectivity index (χ3v) is 3.69. The molecule has 96 valence electrons. The fraction of sp³-hybridized carbons (Fsp3) is 0.545. The molecule has 1 unspecified atom stereocenters. The van der Waals surface area contributed by atoms with E-state index in [0.717, 1.165) is 11.1 Å². The summed E-state index contributed by atoms with van der Waals surface area (Å²) in [5.41, 5.74) is 4.83. The second-order valence-electron chi connectivity index (χ2n) is 4.22. The summed E-state index contributed by atoms with van der Waals surface area (Å²) >= 11 is 0. The molecular weight excluding hydrogens is 238 g/mol. The Morgan fingerprint density at radius 1 is 1.53 bits per heavy atom. The van der Waals surface area contributed by atoms with Gasteiger partial charge in [0.05, 0.1) is 0 Å². The van der Waals surface area contributed by atoms with E-state index >= 15 is 0 Å². The first kappa shape index (κ1) is 14.1. The van der Waals surface area contributed by atoms with Gasteiger partial charge in [0.2, 0.25) is 0 Å². The predicted octanol–water partition coefficient (Wildman–Crippen LogP) is 0.719. The first-order chi connectivity index (χ1) is 7.94. The van der Waals surface area contributed by atoms with Gasteiger partial charge in [0.1, 0.15) is 9.84 Å². The number of hydrazine groups is 1. The van der Waals surface area contributed by atoms with Crippen LogP contribution in [0.25, 0.3) is 0 Å². The van der Waals surface area contributed by atoms with E-state index in [-0.39, 0.29) is 11.8 Å². The number of aromatic nitrogens is 1. The molecule has 0 saturated carbocycles. The molecule has 1 atom stereocenters. The van der Waals surface area contributed by atoms with Crippen LogP contribution in [0.5, 0.6) is 0 Å². The highest BCUT2D eigenvalue weighted by Gasteiger charge is 2.13. The van der Waals surface area contributed by atoms with Crippen LogP contribution in [0.1, 0.15) is 30.0 Å². The fourth-order valence-corrected chi connectivity index (χ4v) is 2.41. The topological polar surface area (TPSA) is 85.1 Å². The van der Waals surface area contributed by atoms with Crippen LogP contribution in [-0.2, 0) is 9.84 Å². The first-order valence-electron chi connectivity index (χ1n) is 5.48. The van der Waals surface area contributed by atoms with Crippen molar-refractivity contribution in [2.45, 2.75) is 25.8 Å². The third kappa shape index (κ3) is 4.80. The van der Waals surface area contributed by atoms with Crippen molar-refractivity contribution in [1.82, 2.24) is 10.4 Å². The summed E-state index contributed by atoms with van der Waals surface area (Å²) in [6, 6.07) is 1.86. The summed E-state index contributed by atoms with van der Waals surface area (Å²) < 4.78 is 22.1. The number of aryl methyl sites for hydroxylation is 1. The largest absolute Gasteiger partial charge is 0.271 e. The molecular formula is C11H19N3O2S. The molecule has 5 nitrogen and oxygen atoms in total. The Morgan fingerprint density at radius 3 is 2.76 bits per heavy atom. The molecule has 1 aromatic rings. The van der Waals surface area contributed by atoms with Crippen LogP contribution < -0.4 is 11.3 Å². The van der Waals surface area contributed by atoms with E-state index in [2.05, 4.69) is 10.4 Å². The van der Waals surface area contributed by atoms with E-state index in [4.69, 9.17) is 5.84 Å². The molecule has 0 aliphatic heterocycles. The normalized spacial score (nSPS) is 13.6. The summed E-state index contributed by atoms with van der Waals surface area (Å²) in [4.78, 5) is 4.06. The van der Waals surface area contributed by atoms with Crippen molar-refractivity contribution in [2.24, 2.45) is 5.84 Å². The van der Waals surface area contributed by atoms with E-state index in [0.29, 0.717) is 12.8 Å². The molecule has 6 heteroatoms. The van der Waals surface area contributed by atoms with Gasteiger partial charge in [0.25, 0.3) is 0 Å². The highest BCUT2D eigenvalue weighted by Crippen LogP contribution is 2.20. The zero-order valence-corrected chi connectivity index (χ0v) is 11.0. The lowest BCUT2D eigenvalue weighted by Gasteiger charge is -2.17. The maximum Gasteiger partial charge on any atom is 0.147 e. The molecule has 0 radical (unpaired) electrons. The SMILES string of the molecule is Cc1ccncc1C(CCCS(C)(=O)=O)NN. The lowest BCUT2D eigenvalue weighted by molar-refractivity contribution is 0.504. The quantitative estimate of drug-likeness (QED) is 0.579. The first-order valence-corrected chi connectivity index (χ1v) is 7.54. The molecule has 0 aromatic carbocycles.